The quantitative estimate of drug-likeness (QED) is 0.611. The van der Waals surface area contributed by atoms with Gasteiger partial charge in [0.2, 0.25) is 0 Å². The molecule has 0 unspecified atom stereocenters. The standard InChI is InChI=1S/C13H11N/c1-9-10(2)13-6-4-3-5-11(13)7-12(9)8-14/h3-7H,1-2H3. The van der Waals surface area contributed by atoms with Crippen molar-refractivity contribution in [2.45, 2.75) is 13.8 Å². The van der Waals surface area contributed by atoms with E-state index in [9.17, 15) is 0 Å². The molecule has 0 aromatic heterocycles. The van der Waals surface area contributed by atoms with Gasteiger partial charge in [-0.25, -0.2) is 0 Å². The van der Waals surface area contributed by atoms with Crippen LogP contribution in [-0.4, -0.2) is 0 Å². The molecule has 0 amide bonds. The number of nitrogens with zero attached hydrogens (tertiary/aromatic N) is 1. The van der Waals surface area contributed by atoms with Crippen LogP contribution in [0.2, 0.25) is 0 Å². The zero-order valence-corrected chi connectivity index (χ0v) is 8.33. The monoisotopic (exact) mass is 181 g/mol. The molecule has 1 nitrogen and oxygen atoms in total. The van der Waals surface area contributed by atoms with Gasteiger partial charge in [-0.1, -0.05) is 24.3 Å². The lowest BCUT2D eigenvalue weighted by molar-refractivity contribution is 1.34. The molecule has 0 saturated carbocycles. The Hall–Kier alpha value is -1.81. The molecule has 0 atom stereocenters. The fourth-order valence-corrected chi connectivity index (χ4v) is 1.75. The molecule has 0 aliphatic rings. The summed E-state index contributed by atoms with van der Waals surface area (Å²) in [5.41, 5.74) is 3.08. The Balaban J connectivity index is 2.94. The third kappa shape index (κ3) is 1.16. The maximum atomic E-state index is 8.95. The number of hydrogen-bond acceptors (Lipinski definition) is 1. The highest BCUT2D eigenvalue weighted by molar-refractivity contribution is 5.88. The van der Waals surface area contributed by atoms with E-state index in [2.05, 4.69) is 19.1 Å². The van der Waals surface area contributed by atoms with Crippen molar-refractivity contribution >= 4 is 10.8 Å². The number of fused-ring (bicyclic) bond motifs is 1. The van der Waals surface area contributed by atoms with Gasteiger partial charge in [0, 0.05) is 0 Å². The maximum absolute atomic E-state index is 8.95. The number of rotatable bonds is 0. The van der Waals surface area contributed by atoms with Gasteiger partial charge in [-0.3, -0.25) is 0 Å². The topological polar surface area (TPSA) is 23.8 Å². The highest BCUT2D eigenvalue weighted by atomic mass is 14.2. The van der Waals surface area contributed by atoms with Gasteiger partial charge < -0.3 is 0 Å². The number of nitriles is 1. The van der Waals surface area contributed by atoms with Crippen LogP contribution in [-0.2, 0) is 0 Å². The number of aryl methyl sites for hydroxylation is 1. The SMILES string of the molecule is Cc1c(C#N)cc2ccccc2c1C. The van der Waals surface area contributed by atoms with Gasteiger partial charge in [-0.05, 0) is 41.8 Å². The predicted octanol–water partition coefficient (Wildman–Crippen LogP) is 3.33. The van der Waals surface area contributed by atoms with E-state index in [1.807, 2.05) is 31.2 Å². The van der Waals surface area contributed by atoms with Crippen LogP contribution in [0.25, 0.3) is 10.8 Å². The Morgan fingerprint density at radius 2 is 1.79 bits per heavy atom. The third-order valence-corrected chi connectivity index (χ3v) is 2.75. The molecular weight excluding hydrogens is 170 g/mol. The van der Waals surface area contributed by atoms with Gasteiger partial charge in [0.25, 0.3) is 0 Å². The summed E-state index contributed by atoms with van der Waals surface area (Å²) < 4.78 is 0. The fourth-order valence-electron chi connectivity index (χ4n) is 1.75. The van der Waals surface area contributed by atoms with Crippen molar-refractivity contribution in [1.82, 2.24) is 0 Å². The second-order valence-corrected chi connectivity index (χ2v) is 3.51. The molecule has 0 aliphatic heterocycles. The average Bonchev–Trinajstić information content (AvgIpc) is 2.23. The van der Waals surface area contributed by atoms with Crippen molar-refractivity contribution in [3.8, 4) is 6.07 Å². The summed E-state index contributed by atoms with van der Waals surface area (Å²) in [6.45, 7) is 4.07. The van der Waals surface area contributed by atoms with Crippen molar-refractivity contribution in [1.29, 1.82) is 5.26 Å². The first-order chi connectivity index (χ1) is 6.74. The average molecular weight is 181 g/mol. The molecule has 0 spiro atoms. The van der Waals surface area contributed by atoms with E-state index in [1.54, 1.807) is 0 Å². The van der Waals surface area contributed by atoms with Crippen molar-refractivity contribution < 1.29 is 0 Å². The van der Waals surface area contributed by atoms with Crippen LogP contribution in [0.3, 0.4) is 0 Å². The number of benzene rings is 2. The van der Waals surface area contributed by atoms with E-state index in [4.69, 9.17) is 5.26 Å². The summed E-state index contributed by atoms with van der Waals surface area (Å²) in [6.07, 6.45) is 0. The van der Waals surface area contributed by atoms with Crippen molar-refractivity contribution in [3.05, 3.63) is 47.0 Å². The maximum Gasteiger partial charge on any atom is 0.0994 e. The Kier molecular flexibility index (Phi) is 1.98. The summed E-state index contributed by atoms with van der Waals surface area (Å²) >= 11 is 0. The van der Waals surface area contributed by atoms with Gasteiger partial charge in [-0.15, -0.1) is 0 Å². The van der Waals surface area contributed by atoms with E-state index in [0.717, 1.165) is 16.5 Å². The lowest BCUT2D eigenvalue weighted by atomic mass is 9.97. The Bertz CT molecular complexity index is 533. The molecule has 14 heavy (non-hydrogen) atoms. The molecule has 0 bridgehead atoms. The van der Waals surface area contributed by atoms with Crippen LogP contribution in [0.1, 0.15) is 16.7 Å². The van der Waals surface area contributed by atoms with Gasteiger partial charge >= 0.3 is 0 Å². The van der Waals surface area contributed by atoms with E-state index < -0.39 is 0 Å². The summed E-state index contributed by atoms with van der Waals surface area (Å²) in [6, 6.07) is 12.4. The van der Waals surface area contributed by atoms with Gasteiger partial charge in [-0.2, -0.15) is 5.26 Å². The van der Waals surface area contributed by atoms with E-state index in [-0.39, 0.29) is 0 Å². The normalized spacial score (nSPS) is 10.1. The van der Waals surface area contributed by atoms with Crippen molar-refractivity contribution in [2.75, 3.05) is 0 Å². The fraction of sp³-hybridized carbons (Fsp3) is 0.154. The van der Waals surface area contributed by atoms with Crippen LogP contribution in [0.4, 0.5) is 0 Å². The zero-order valence-electron chi connectivity index (χ0n) is 8.33. The molecular formula is C13H11N. The van der Waals surface area contributed by atoms with Crippen molar-refractivity contribution in [3.63, 3.8) is 0 Å². The van der Waals surface area contributed by atoms with Gasteiger partial charge in [0.1, 0.15) is 0 Å². The summed E-state index contributed by atoms with van der Waals surface area (Å²) in [7, 11) is 0. The third-order valence-electron chi connectivity index (χ3n) is 2.75. The zero-order chi connectivity index (χ0) is 10.1. The lowest BCUT2D eigenvalue weighted by Gasteiger charge is -2.07. The van der Waals surface area contributed by atoms with Crippen LogP contribution < -0.4 is 0 Å². The van der Waals surface area contributed by atoms with Crippen LogP contribution in [0.5, 0.6) is 0 Å². The molecule has 0 saturated heterocycles. The van der Waals surface area contributed by atoms with Gasteiger partial charge in [0.15, 0.2) is 0 Å². The first-order valence-electron chi connectivity index (χ1n) is 4.63. The minimum atomic E-state index is 0.779. The molecule has 2 rings (SSSR count). The predicted molar refractivity (Wildman–Crippen MR) is 58.1 cm³/mol. The minimum Gasteiger partial charge on any atom is -0.192 e. The van der Waals surface area contributed by atoms with Crippen molar-refractivity contribution in [2.24, 2.45) is 0 Å². The molecule has 0 aliphatic carbocycles. The van der Waals surface area contributed by atoms with E-state index in [1.165, 1.54) is 10.9 Å². The van der Waals surface area contributed by atoms with Crippen LogP contribution in [0.15, 0.2) is 30.3 Å². The second kappa shape index (κ2) is 3.16. The molecule has 0 heterocycles. The summed E-state index contributed by atoms with van der Waals surface area (Å²) in [5, 5.41) is 11.3. The highest BCUT2D eigenvalue weighted by Gasteiger charge is 2.04. The first-order valence-corrected chi connectivity index (χ1v) is 4.63. The molecule has 0 radical (unpaired) electrons. The first kappa shape index (κ1) is 8.77. The Labute approximate surface area is 83.6 Å². The molecule has 0 N–H and O–H groups in total. The summed E-state index contributed by atoms with van der Waals surface area (Å²) in [4.78, 5) is 0. The number of hydrogen-bond donors (Lipinski definition) is 0. The molecule has 2 aromatic rings. The van der Waals surface area contributed by atoms with E-state index in [0.29, 0.717) is 0 Å². The minimum absolute atomic E-state index is 0.779. The van der Waals surface area contributed by atoms with Crippen LogP contribution in [0, 0.1) is 25.2 Å². The second-order valence-electron chi connectivity index (χ2n) is 3.51. The van der Waals surface area contributed by atoms with Gasteiger partial charge in [0.05, 0.1) is 11.6 Å². The lowest BCUT2D eigenvalue weighted by Crippen LogP contribution is -1.89. The Morgan fingerprint density at radius 3 is 2.50 bits per heavy atom. The molecule has 1 heteroatoms. The van der Waals surface area contributed by atoms with Crippen LogP contribution >= 0.6 is 0 Å². The highest BCUT2D eigenvalue weighted by Crippen LogP contribution is 2.24. The molecule has 0 fully saturated rings. The Morgan fingerprint density at radius 1 is 1.07 bits per heavy atom. The van der Waals surface area contributed by atoms with E-state index >= 15 is 0 Å². The molecule has 2 aromatic carbocycles. The smallest absolute Gasteiger partial charge is 0.0994 e. The summed E-state index contributed by atoms with van der Waals surface area (Å²) in [5.74, 6) is 0. The molecule has 68 valence electrons. The largest absolute Gasteiger partial charge is 0.192 e.